The van der Waals surface area contributed by atoms with Crippen LogP contribution in [0.4, 0.5) is 4.39 Å². The number of nitrogens with one attached hydrogen (secondary N) is 2. The van der Waals surface area contributed by atoms with Gasteiger partial charge in [0.05, 0.1) is 12.5 Å². The van der Waals surface area contributed by atoms with Gasteiger partial charge in [-0.15, -0.1) is 0 Å². The molecule has 5 rings (SSSR count). The molecule has 1 unspecified atom stereocenters. The zero-order valence-corrected chi connectivity index (χ0v) is 20.8. The summed E-state index contributed by atoms with van der Waals surface area (Å²) in [6, 6.07) is 8.71. The Hall–Kier alpha value is -3.20. The third kappa shape index (κ3) is 6.21. The molecule has 2 aliphatic carbocycles. The van der Waals surface area contributed by atoms with Gasteiger partial charge >= 0.3 is 5.97 Å². The third-order valence-corrected chi connectivity index (χ3v) is 7.56. The first-order chi connectivity index (χ1) is 17.9. The summed E-state index contributed by atoms with van der Waals surface area (Å²) in [6.07, 6.45) is 8.15. The molecule has 0 bridgehead atoms. The van der Waals surface area contributed by atoms with Crippen molar-refractivity contribution in [1.82, 2.24) is 10.6 Å². The monoisotopic (exact) mass is 512 g/mol. The van der Waals surface area contributed by atoms with Crippen LogP contribution in [0.2, 0.25) is 0 Å². The number of cyclic esters (lactones) is 1. The zero-order valence-electron chi connectivity index (χ0n) is 20.8. The highest BCUT2D eigenvalue weighted by molar-refractivity contribution is 5.92. The van der Waals surface area contributed by atoms with E-state index in [4.69, 9.17) is 13.9 Å². The number of carbonyl (C=O) groups is 3. The number of hydrogen-bond acceptors (Lipinski definition) is 6. The molecule has 1 aliphatic heterocycles. The minimum atomic E-state index is -1.44. The Balaban J connectivity index is 1.26. The number of amides is 2. The largest absolute Gasteiger partial charge is 0.451 e. The van der Waals surface area contributed by atoms with Crippen molar-refractivity contribution in [1.29, 1.82) is 0 Å². The van der Waals surface area contributed by atoms with Crippen LogP contribution < -0.4 is 10.6 Å². The number of carbonyl (C=O) groups excluding carboxylic acids is 3. The predicted octanol–water partition coefficient (Wildman–Crippen LogP) is 4.83. The molecule has 2 amide bonds. The molecule has 2 atom stereocenters. The van der Waals surface area contributed by atoms with Gasteiger partial charge in [0.1, 0.15) is 11.6 Å². The van der Waals surface area contributed by atoms with Crippen LogP contribution in [0.15, 0.2) is 40.8 Å². The molecule has 2 N–H and O–H groups in total. The summed E-state index contributed by atoms with van der Waals surface area (Å²) in [4.78, 5) is 38.2. The lowest BCUT2D eigenvalue weighted by molar-refractivity contribution is -0.244. The first-order valence-corrected chi connectivity index (χ1v) is 13.3. The molecule has 37 heavy (non-hydrogen) atoms. The average molecular weight is 513 g/mol. The molecule has 1 aromatic carbocycles. The molecule has 0 radical (unpaired) electrons. The summed E-state index contributed by atoms with van der Waals surface area (Å²) in [7, 11) is 0. The van der Waals surface area contributed by atoms with Crippen LogP contribution in [-0.4, -0.2) is 35.8 Å². The van der Waals surface area contributed by atoms with Crippen molar-refractivity contribution in [2.75, 3.05) is 0 Å². The molecular weight excluding hydrogens is 479 g/mol. The number of esters is 1. The van der Waals surface area contributed by atoms with Crippen molar-refractivity contribution in [3.8, 4) is 11.3 Å². The molecule has 9 heteroatoms. The summed E-state index contributed by atoms with van der Waals surface area (Å²) in [6.45, 7) is 0. The van der Waals surface area contributed by atoms with E-state index in [1.807, 2.05) is 0 Å². The van der Waals surface area contributed by atoms with Gasteiger partial charge in [-0.1, -0.05) is 37.8 Å². The van der Waals surface area contributed by atoms with Crippen molar-refractivity contribution >= 4 is 17.8 Å². The van der Waals surface area contributed by atoms with E-state index < -0.39 is 29.6 Å². The van der Waals surface area contributed by atoms with Crippen molar-refractivity contribution in [2.45, 2.75) is 88.7 Å². The van der Waals surface area contributed by atoms with Crippen molar-refractivity contribution in [2.24, 2.45) is 5.92 Å². The Kier molecular flexibility index (Phi) is 7.60. The topological polar surface area (TPSA) is 107 Å². The number of benzene rings is 1. The number of rotatable bonds is 9. The van der Waals surface area contributed by atoms with Gasteiger partial charge in [0.25, 0.3) is 11.8 Å². The Morgan fingerprint density at radius 3 is 2.54 bits per heavy atom. The summed E-state index contributed by atoms with van der Waals surface area (Å²) in [5.74, 6) is -2.39. The summed E-state index contributed by atoms with van der Waals surface area (Å²) in [5.41, 5.74) is 0.532. The van der Waals surface area contributed by atoms with Gasteiger partial charge in [-0.05, 0) is 55.9 Å². The van der Waals surface area contributed by atoms with Crippen molar-refractivity contribution in [3.05, 3.63) is 48.0 Å². The van der Waals surface area contributed by atoms with E-state index in [2.05, 4.69) is 10.6 Å². The average Bonchev–Trinajstić information content (AvgIpc) is 3.67. The molecule has 2 aromatic rings. The van der Waals surface area contributed by atoms with Gasteiger partial charge in [-0.3, -0.25) is 19.7 Å². The molecule has 2 saturated carbocycles. The van der Waals surface area contributed by atoms with Crippen molar-refractivity contribution < 1.29 is 32.7 Å². The van der Waals surface area contributed by atoms with E-state index in [0.717, 1.165) is 51.4 Å². The second-order valence-corrected chi connectivity index (χ2v) is 10.3. The highest BCUT2D eigenvalue weighted by Crippen LogP contribution is 2.33. The smallest absolute Gasteiger partial charge is 0.309 e. The Bertz CT molecular complexity index is 1140. The molecular formula is C28H33FN2O6. The Morgan fingerprint density at radius 1 is 1.08 bits per heavy atom. The Morgan fingerprint density at radius 2 is 1.84 bits per heavy atom. The lowest BCUT2D eigenvalue weighted by Crippen LogP contribution is -2.54. The standard InChI is InChI=1S/C28H33FN2O6/c29-20-9-5-8-19(16-20)23-12-13-24(35-23)27(34)30-22(18-6-1-2-7-18)17-25(32)31-28(15-14-26(33)37-28)36-21-10-3-4-11-21/h5,8-9,12-13,16,18,21-22H,1-4,6-7,10-11,14-15,17H2,(H,30,34)(H,31,32)/t22-,28?/m0/s1. The normalized spacial score (nSPS) is 23.2. The second kappa shape index (κ2) is 11.0. The lowest BCUT2D eigenvalue weighted by Gasteiger charge is -2.32. The van der Waals surface area contributed by atoms with E-state index in [1.54, 1.807) is 24.3 Å². The van der Waals surface area contributed by atoms with Crippen LogP contribution >= 0.6 is 0 Å². The van der Waals surface area contributed by atoms with Crippen LogP contribution in [0.3, 0.4) is 0 Å². The molecule has 3 aliphatic rings. The highest BCUT2D eigenvalue weighted by Gasteiger charge is 2.46. The van der Waals surface area contributed by atoms with E-state index in [-0.39, 0.29) is 43.0 Å². The first-order valence-electron chi connectivity index (χ1n) is 13.3. The molecule has 1 aromatic heterocycles. The maximum Gasteiger partial charge on any atom is 0.309 e. The molecule has 2 heterocycles. The zero-order chi connectivity index (χ0) is 25.8. The van der Waals surface area contributed by atoms with Gasteiger partial charge in [0, 0.05) is 24.4 Å². The Labute approximate surface area is 215 Å². The van der Waals surface area contributed by atoms with Crippen LogP contribution in [0.25, 0.3) is 11.3 Å². The van der Waals surface area contributed by atoms with Crippen LogP contribution in [0.5, 0.6) is 0 Å². The van der Waals surface area contributed by atoms with E-state index >= 15 is 0 Å². The van der Waals surface area contributed by atoms with Gasteiger partial charge in [0.15, 0.2) is 5.76 Å². The van der Waals surface area contributed by atoms with Crippen LogP contribution in [0.1, 0.15) is 81.2 Å². The van der Waals surface area contributed by atoms with Gasteiger partial charge in [-0.2, -0.15) is 0 Å². The lowest BCUT2D eigenvalue weighted by atomic mass is 9.94. The minimum Gasteiger partial charge on any atom is -0.451 e. The summed E-state index contributed by atoms with van der Waals surface area (Å²) < 4.78 is 30.9. The highest BCUT2D eigenvalue weighted by atomic mass is 19.1. The first kappa shape index (κ1) is 25.4. The molecule has 3 fully saturated rings. The van der Waals surface area contributed by atoms with Gasteiger partial charge in [0.2, 0.25) is 5.91 Å². The fraction of sp³-hybridized carbons (Fsp3) is 0.536. The second-order valence-electron chi connectivity index (χ2n) is 10.3. The molecule has 0 spiro atoms. The van der Waals surface area contributed by atoms with Crippen LogP contribution in [-0.2, 0) is 19.1 Å². The maximum absolute atomic E-state index is 13.6. The maximum atomic E-state index is 13.6. The van der Waals surface area contributed by atoms with Gasteiger partial charge in [-0.25, -0.2) is 4.39 Å². The minimum absolute atomic E-state index is 0.0290. The molecule has 198 valence electrons. The van der Waals surface area contributed by atoms with E-state index in [1.165, 1.54) is 12.1 Å². The third-order valence-electron chi connectivity index (χ3n) is 7.56. The number of furan rings is 1. The fourth-order valence-electron chi connectivity index (χ4n) is 5.68. The predicted molar refractivity (Wildman–Crippen MR) is 131 cm³/mol. The van der Waals surface area contributed by atoms with E-state index in [9.17, 15) is 18.8 Å². The fourth-order valence-corrected chi connectivity index (χ4v) is 5.68. The summed E-state index contributed by atoms with van der Waals surface area (Å²) in [5, 5.41) is 5.82. The molecule has 8 nitrogen and oxygen atoms in total. The van der Waals surface area contributed by atoms with Crippen molar-refractivity contribution in [3.63, 3.8) is 0 Å². The van der Waals surface area contributed by atoms with Crippen LogP contribution in [0, 0.1) is 11.7 Å². The number of ether oxygens (including phenoxy) is 2. The summed E-state index contributed by atoms with van der Waals surface area (Å²) >= 11 is 0. The number of hydrogen-bond donors (Lipinski definition) is 2. The number of halogens is 1. The SMILES string of the molecule is O=C(C[C@H](NC(=O)c1ccc(-c2cccc(F)c2)o1)C1CCCC1)NC1(OC2CCCC2)CCC(=O)O1. The molecule has 1 saturated heterocycles. The van der Waals surface area contributed by atoms with E-state index in [0.29, 0.717) is 11.3 Å². The van der Waals surface area contributed by atoms with Gasteiger partial charge < -0.3 is 19.2 Å². The quantitative estimate of drug-likeness (QED) is 0.368.